The maximum absolute atomic E-state index is 10.2. The summed E-state index contributed by atoms with van der Waals surface area (Å²) >= 11 is 0. The molecule has 0 radical (unpaired) electrons. The summed E-state index contributed by atoms with van der Waals surface area (Å²) in [5.41, 5.74) is 3.39. The summed E-state index contributed by atoms with van der Waals surface area (Å²) in [5.74, 6) is 1.89. The number of hydrogen-bond acceptors (Lipinski definition) is 3. The van der Waals surface area contributed by atoms with E-state index < -0.39 is 0 Å². The molecule has 2 aromatic rings. The van der Waals surface area contributed by atoms with Crippen molar-refractivity contribution in [3.63, 3.8) is 0 Å². The average Bonchev–Trinajstić information content (AvgIpc) is 2.68. The first-order chi connectivity index (χ1) is 13.6. The molecule has 0 amide bonds. The van der Waals surface area contributed by atoms with Gasteiger partial charge in [-0.05, 0) is 68.4 Å². The van der Waals surface area contributed by atoms with E-state index in [4.69, 9.17) is 4.74 Å². The summed E-state index contributed by atoms with van der Waals surface area (Å²) in [6, 6.07) is 11.5. The standard InChI is InChI=1S/C25H30O3/c1-17-15-18(26)8-10-20(17)25-14-6-3-7-23(25)24(12-4-2-5-13-24)21-11-9-19(27)16-22(21)28-25/h8-11,15-16,23,26-27H,2-7,12-14H2,1H3. The number of aromatic hydroxyl groups is 2. The van der Waals surface area contributed by atoms with E-state index in [1.165, 1.54) is 56.1 Å². The van der Waals surface area contributed by atoms with Crippen LogP contribution in [0.1, 0.15) is 74.5 Å². The van der Waals surface area contributed by atoms with Crippen LogP contribution >= 0.6 is 0 Å². The lowest BCUT2D eigenvalue weighted by molar-refractivity contribution is -0.0954. The van der Waals surface area contributed by atoms with E-state index in [-0.39, 0.29) is 16.8 Å². The summed E-state index contributed by atoms with van der Waals surface area (Å²) in [6.45, 7) is 2.09. The smallest absolute Gasteiger partial charge is 0.138 e. The molecule has 2 aromatic carbocycles. The normalized spacial score (nSPS) is 28.2. The molecule has 2 N–H and O–H groups in total. The fraction of sp³-hybridized carbons (Fsp3) is 0.520. The van der Waals surface area contributed by atoms with E-state index in [1.807, 2.05) is 18.2 Å². The molecule has 0 saturated heterocycles. The van der Waals surface area contributed by atoms with Crippen molar-refractivity contribution in [1.29, 1.82) is 0 Å². The Balaban J connectivity index is 1.76. The summed E-state index contributed by atoms with van der Waals surface area (Å²) in [4.78, 5) is 0. The van der Waals surface area contributed by atoms with Crippen LogP contribution in [-0.4, -0.2) is 10.2 Å². The molecule has 2 fully saturated rings. The minimum Gasteiger partial charge on any atom is -0.508 e. The van der Waals surface area contributed by atoms with Crippen molar-refractivity contribution in [2.75, 3.05) is 0 Å². The largest absolute Gasteiger partial charge is 0.508 e. The highest BCUT2D eigenvalue weighted by Gasteiger charge is 2.59. The van der Waals surface area contributed by atoms with E-state index in [0.29, 0.717) is 11.7 Å². The van der Waals surface area contributed by atoms with Crippen LogP contribution in [0.25, 0.3) is 0 Å². The van der Waals surface area contributed by atoms with Gasteiger partial charge in [-0.25, -0.2) is 0 Å². The number of aryl methyl sites for hydroxylation is 1. The molecule has 0 bridgehead atoms. The molecule has 2 aliphatic carbocycles. The second-order valence-electron chi connectivity index (χ2n) is 9.19. The SMILES string of the molecule is Cc1cc(O)ccc1C12CCCCC1C1(CCCCC1)c1ccc(O)cc1O2. The Morgan fingerprint density at radius 2 is 1.50 bits per heavy atom. The minimum atomic E-state index is -0.367. The first-order valence-electron chi connectivity index (χ1n) is 10.9. The predicted octanol–water partition coefficient (Wildman–Crippen LogP) is 6.09. The van der Waals surface area contributed by atoms with Crippen molar-refractivity contribution >= 4 is 0 Å². The van der Waals surface area contributed by atoms with E-state index in [0.717, 1.165) is 24.2 Å². The van der Waals surface area contributed by atoms with Gasteiger partial charge >= 0.3 is 0 Å². The second-order valence-corrected chi connectivity index (χ2v) is 9.19. The van der Waals surface area contributed by atoms with Gasteiger partial charge in [-0.15, -0.1) is 0 Å². The van der Waals surface area contributed by atoms with E-state index >= 15 is 0 Å². The van der Waals surface area contributed by atoms with Gasteiger partial charge in [0, 0.05) is 23.0 Å². The summed E-state index contributed by atoms with van der Waals surface area (Å²) in [5, 5.41) is 20.2. The lowest BCUT2D eigenvalue weighted by Crippen LogP contribution is -2.57. The fourth-order valence-corrected chi connectivity index (χ4v) is 6.68. The molecule has 5 rings (SSSR count). The van der Waals surface area contributed by atoms with Crippen LogP contribution in [0, 0.1) is 12.8 Å². The molecular formula is C25H30O3. The molecule has 0 aromatic heterocycles. The van der Waals surface area contributed by atoms with Gasteiger partial charge in [0.05, 0.1) is 0 Å². The Hall–Kier alpha value is -2.16. The molecule has 1 spiro atoms. The lowest BCUT2D eigenvalue weighted by atomic mass is 9.51. The van der Waals surface area contributed by atoms with Crippen LogP contribution in [0.4, 0.5) is 0 Å². The van der Waals surface area contributed by atoms with Crippen molar-refractivity contribution in [3.8, 4) is 17.2 Å². The van der Waals surface area contributed by atoms with Crippen molar-refractivity contribution in [1.82, 2.24) is 0 Å². The van der Waals surface area contributed by atoms with Crippen LogP contribution in [-0.2, 0) is 11.0 Å². The highest BCUT2D eigenvalue weighted by molar-refractivity contribution is 5.51. The molecular weight excluding hydrogens is 348 g/mol. The van der Waals surface area contributed by atoms with Crippen molar-refractivity contribution < 1.29 is 14.9 Å². The van der Waals surface area contributed by atoms with Gasteiger partial charge in [0.25, 0.3) is 0 Å². The van der Waals surface area contributed by atoms with Crippen LogP contribution < -0.4 is 4.74 Å². The minimum absolute atomic E-state index is 0.129. The lowest BCUT2D eigenvalue weighted by Gasteiger charge is -2.59. The van der Waals surface area contributed by atoms with Gasteiger partial charge in [0.1, 0.15) is 22.8 Å². The quantitative estimate of drug-likeness (QED) is 0.631. The third-order valence-electron chi connectivity index (χ3n) is 7.73. The predicted molar refractivity (Wildman–Crippen MR) is 110 cm³/mol. The summed E-state index contributed by atoms with van der Waals surface area (Å²) in [7, 11) is 0. The van der Waals surface area contributed by atoms with E-state index in [2.05, 4.69) is 19.1 Å². The zero-order valence-electron chi connectivity index (χ0n) is 16.7. The van der Waals surface area contributed by atoms with Gasteiger partial charge in [-0.2, -0.15) is 0 Å². The molecule has 2 unspecified atom stereocenters. The Labute approximate surface area is 167 Å². The zero-order valence-corrected chi connectivity index (χ0v) is 16.7. The van der Waals surface area contributed by atoms with E-state index in [9.17, 15) is 10.2 Å². The van der Waals surface area contributed by atoms with E-state index in [1.54, 1.807) is 6.07 Å². The number of benzene rings is 2. The third-order valence-corrected chi connectivity index (χ3v) is 7.73. The Bertz CT molecular complexity index is 897. The second kappa shape index (κ2) is 6.43. The zero-order chi connectivity index (χ0) is 19.4. The van der Waals surface area contributed by atoms with Crippen LogP contribution in [0.15, 0.2) is 36.4 Å². The molecule has 1 aliphatic heterocycles. The van der Waals surface area contributed by atoms with Gasteiger partial charge < -0.3 is 14.9 Å². The Kier molecular flexibility index (Phi) is 4.12. The fourth-order valence-electron chi connectivity index (χ4n) is 6.68. The molecule has 28 heavy (non-hydrogen) atoms. The first-order valence-corrected chi connectivity index (χ1v) is 10.9. The van der Waals surface area contributed by atoms with Crippen LogP contribution in [0.5, 0.6) is 17.2 Å². The van der Waals surface area contributed by atoms with Crippen LogP contribution in [0.3, 0.4) is 0 Å². The highest BCUT2D eigenvalue weighted by Crippen LogP contribution is 2.63. The Morgan fingerprint density at radius 3 is 2.25 bits per heavy atom. The molecule has 148 valence electrons. The number of fused-ring (bicyclic) bond motifs is 4. The molecule has 1 heterocycles. The number of hydrogen-bond donors (Lipinski definition) is 2. The highest BCUT2D eigenvalue weighted by atomic mass is 16.5. The molecule has 2 atom stereocenters. The molecule has 3 aliphatic rings. The molecule has 2 saturated carbocycles. The first kappa shape index (κ1) is 17.9. The van der Waals surface area contributed by atoms with Crippen LogP contribution in [0.2, 0.25) is 0 Å². The molecule has 3 heteroatoms. The maximum atomic E-state index is 10.2. The van der Waals surface area contributed by atoms with Gasteiger partial charge in [0.2, 0.25) is 0 Å². The summed E-state index contributed by atoms with van der Waals surface area (Å²) < 4.78 is 6.90. The number of phenolic OH excluding ortho intramolecular Hbond substituents is 2. The monoisotopic (exact) mass is 378 g/mol. The number of phenols is 2. The maximum Gasteiger partial charge on any atom is 0.138 e. The number of rotatable bonds is 1. The van der Waals surface area contributed by atoms with Gasteiger partial charge in [-0.3, -0.25) is 0 Å². The topological polar surface area (TPSA) is 49.7 Å². The third kappa shape index (κ3) is 2.48. The summed E-state index contributed by atoms with van der Waals surface area (Å²) in [6.07, 6.45) is 10.8. The molecule has 3 nitrogen and oxygen atoms in total. The van der Waals surface area contributed by atoms with Gasteiger partial charge in [0.15, 0.2) is 0 Å². The van der Waals surface area contributed by atoms with Crippen molar-refractivity contribution in [2.24, 2.45) is 5.92 Å². The van der Waals surface area contributed by atoms with Gasteiger partial charge in [-0.1, -0.05) is 37.8 Å². The number of ether oxygens (including phenoxy) is 1. The van der Waals surface area contributed by atoms with Crippen molar-refractivity contribution in [3.05, 3.63) is 53.1 Å². The van der Waals surface area contributed by atoms with Crippen molar-refractivity contribution in [2.45, 2.75) is 75.7 Å². The average molecular weight is 379 g/mol. The Morgan fingerprint density at radius 1 is 0.821 bits per heavy atom.